The standard InChI is InChI=1S/C24H26F6N2O3/c1-22(2,3)35-21(33)32-10-6-8-19(20(32)18-7-4-5-9-31-18)34-14-15-11-16(23(25,26)27)13-17(12-15)24(28,29)30/h4-5,7,9,11-13,19-20H,6,8,10,14H2,1-3H3/t19-,20-/m1/s1. The first kappa shape index (κ1) is 26.8. The number of benzene rings is 1. The maximum atomic E-state index is 13.2. The SMILES string of the molecule is CC(C)(C)OC(=O)N1CCC[C@@H](OCc2cc(C(F)(F)F)cc(C(F)(F)F)c2)[C@H]1c1ccccn1. The van der Waals surface area contributed by atoms with Crippen LogP contribution in [-0.4, -0.2) is 34.2 Å². The van der Waals surface area contributed by atoms with E-state index in [0.717, 1.165) is 0 Å². The number of pyridine rings is 1. The number of ether oxygens (including phenoxy) is 2. The van der Waals surface area contributed by atoms with Gasteiger partial charge in [0.1, 0.15) is 11.6 Å². The molecule has 11 heteroatoms. The zero-order chi connectivity index (χ0) is 26.0. The molecule has 0 unspecified atom stereocenters. The predicted molar refractivity (Wildman–Crippen MR) is 114 cm³/mol. The van der Waals surface area contributed by atoms with Crippen LogP contribution in [0.5, 0.6) is 0 Å². The van der Waals surface area contributed by atoms with E-state index in [1.807, 2.05) is 0 Å². The second kappa shape index (κ2) is 10.0. The van der Waals surface area contributed by atoms with Crippen molar-refractivity contribution in [2.24, 2.45) is 0 Å². The number of carbonyl (C=O) groups excluding carboxylic acids is 1. The second-order valence-electron chi connectivity index (χ2n) is 9.28. The van der Waals surface area contributed by atoms with Crippen LogP contribution in [0.2, 0.25) is 0 Å². The molecule has 0 N–H and O–H groups in total. The summed E-state index contributed by atoms with van der Waals surface area (Å²) in [5, 5.41) is 0. The summed E-state index contributed by atoms with van der Waals surface area (Å²) in [5.41, 5.74) is -3.40. The van der Waals surface area contributed by atoms with Crippen LogP contribution < -0.4 is 0 Å². The zero-order valence-corrected chi connectivity index (χ0v) is 19.4. The van der Waals surface area contributed by atoms with Gasteiger partial charge in [-0.15, -0.1) is 0 Å². The lowest BCUT2D eigenvalue weighted by molar-refractivity contribution is -0.143. The predicted octanol–water partition coefficient (Wildman–Crippen LogP) is 6.78. The molecule has 1 aromatic carbocycles. The minimum atomic E-state index is -4.95. The molecule has 192 valence electrons. The summed E-state index contributed by atoms with van der Waals surface area (Å²) in [4.78, 5) is 18.6. The molecular formula is C24H26F6N2O3. The lowest BCUT2D eigenvalue weighted by Crippen LogP contribution is -2.48. The Hall–Kier alpha value is -2.82. The van der Waals surface area contributed by atoms with E-state index in [1.54, 1.807) is 39.0 Å². The van der Waals surface area contributed by atoms with Crippen molar-refractivity contribution in [2.75, 3.05) is 6.54 Å². The molecule has 5 nitrogen and oxygen atoms in total. The first-order chi connectivity index (χ1) is 16.1. The topological polar surface area (TPSA) is 51.7 Å². The van der Waals surface area contributed by atoms with Crippen LogP contribution in [0, 0.1) is 0 Å². The highest BCUT2D eigenvalue weighted by Crippen LogP contribution is 2.38. The van der Waals surface area contributed by atoms with Gasteiger partial charge in [-0.1, -0.05) is 6.07 Å². The van der Waals surface area contributed by atoms with Crippen molar-refractivity contribution < 1.29 is 40.6 Å². The number of aromatic nitrogens is 1. The highest BCUT2D eigenvalue weighted by Gasteiger charge is 2.40. The highest BCUT2D eigenvalue weighted by atomic mass is 19.4. The van der Waals surface area contributed by atoms with E-state index < -0.39 is 53.9 Å². The van der Waals surface area contributed by atoms with E-state index in [2.05, 4.69) is 4.98 Å². The molecule has 1 aliphatic rings. The molecule has 0 aliphatic carbocycles. The summed E-state index contributed by atoms with van der Waals surface area (Å²) in [5.74, 6) is 0. The van der Waals surface area contributed by atoms with Crippen LogP contribution in [-0.2, 0) is 28.4 Å². The van der Waals surface area contributed by atoms with Crippen molar-refractivity contribution >= 4 is 6.09 Å². The van der Waals surface area contributed by atoms with Crippen molar-refractivity contribution in [1.29, 1.82) is 0 Å². The Labute approximate surface area is 199 Å². The lowest BCUT2D eigenvalue weighted by Gasteiger charge is -2.41. The monoisotopic (exact) mass is 504 g/mol. The van der Waals surface area contributed by atoms with E-state index in [4.69, 9.17) is 9.47 Å². The second-order valence-corrected chi connectivity index (χ2v) is 9.28. The molecule has 0 radical (unpaired) electrons. The number of halogens is 6. The Balaban J connectivity index is 1.90. The van der Waals surface area contributed by atoms with Gasteiger partial charge in [0.25, 0.3) is 0 Å². The largest absolute Gasteiger partial charge is 0.444 e. The van der Waals surface area contributed by atoms with Gasteiger partial charge in [-0.05, 0) is 69.5 Å². The summed E-state index contributed by atoms with van der Waals surface area (Å²) >= 11 is 0. The number of likely N-dealkylation sites (tertiary alicyclic amines) is 1. The van der Waals surface area contributed by atoms with Crippen molar-refractivity contribution in [3.8, 4) is 0 Å². The Bertz CT molecular complexity index is 986. The summed E-state index contributed by atoms with van der Waals surface area (Å²) < 4.78 is 90.6. The number of amides is 1. The van der Waals surface area contributed by atoms with Gasteiger partial charge in [-0.3, -0.25) is 9.88 Å². The van der Waals surface area contributed by atoms with Crippen molar-refractivity contribution in [3.63, 3.8) is 0 Å². The molecule has 1 amide bonds. The molecule has 0 saturated carbocycles. The average Bonchev–Trinajstić information content (AvgIpc) is 2.75. The Morgan fingerprint density at radius 1 is 1.03 bits per heavy atom. The van der Waals surface area contributed by atoms with E-state index in [-0.39, 0.29) is 11.6 Å². The number of hydrogen-bond acceptors (Lipinski definition) is 4. The summed E-state index contributed by atoms with van der Waals surface area (Å²) in [6.45, 7) is 4.96. The summed E-state index contributed by atoms with van der Waals surface area (Å²) in [7, 11) is 0. The Morgan fingerprint density at radius 3 is 2.17 bits per heavy atom. The van der Waals surface area contributed by atoms with Gasteiger partial charge in [0.2, 0.25) is 0 Å². The minimum absolute atomic E-state index is 0.0744. The van der Waals surface area contributed by atoms with Crippen LogP contribution in [0.3, 0.4) is 0 Å². The third-order valence-electron chi connectivity index (χ3n) is 5.31. The number of piperidine rings is 1. The Morgan fingerprint density at radius 2 is 1.66 bits per heavy atom. The molecule has 2 heterocycles. The van der Waals surface area contributed by atoms with Crippen LogP contribution >= 0.6 is 0 Å². The van der Waals surface area contributed by atoms with Gasteiger partial charge < -0.3 is 9.47 Å². The number of hydrogen-bond donors (Lipinski definition) is 0. The van der Waals surface area contributed by atoms with Crippen LogP contribution in [0.15, 0.2) is 42.6 Å². The molecule has 0 bridgehead atoms. The van der Waals surface area contributed by atoms with E-state index >= 15 is 0 Å². The quantitative estimate of drug-likeness (QED) is 0.431. The minimum Gasteiger partial charge on any atom is -0.444 e. The maximum absolute atomic E-state index is 13.2. The van der Waals surface area contributed by atoms with Crippen molar-refractivity contribution in [3.05, 3.63) is 65.0 Å². The summed E-state index contributed by atoms with van der Waals surface area (Å²) in [6, 6.07) is 5.69. The molecule has 2 atom stereocenters. The third-order valence-corrected chi connectivity index (χ3v) is 5.31. The molecule has 0 spiro atoms. The van der Waals surface area contributed by atoms with E-state index in [9.17, 15) is 31.1 Å². The van der Waals surface area contributed by atoms with Gasteiger partial charge in [-0.2, -0.15) is 26.3 Å². The molecule has 1 saturated heterocycles. The number of carbonyl (C=O) groups is 1. The Kier molecular flexibility index (Phi) is 7.68. The molecular weight excluding hydrogens is 478 g/mol. The van der Waals surface area contributed by atoms with Crippen molar-refractivity contribution in [2.45, 2.75) is 70.3 Å². The fourth-order valence-electron chi connectivity index (χ4n) is 3.87. The average molecular weight is 504 g/mol. The smallest absolute Gasteiger partial charge is 0.416 e. The first-order valence-electron chi connectivity index (χ1n) is 11.0. The third kappa shape index (κ3) is 7.09. The van der Waals surface area contributed by atoms with E-state index in [1.165, 1.54) is 11.1 Å². The molecule has 3 rings (SSSR count). The maximum Gasteiger partial charge on any atom is 0.416 e. The number of rotatable bonds is 4. The van der Waals surface area contributed by atoms with Crippen LogP contribution in [0.1, 0.15) is 62.0 Å². The molecule has 35 heavy (non-hydrogen) atoms. The van der Waals surface area contributed by atoms with Gasteiger partial charge in [-0.25, -0.2) is 4.79 Å². The first-order valence-corrected chi connectivity index (χ1v) is 11.0. The molecule has 1 aromatic heterocycles. The van der Waals surface area contributed by atoms with Crippen molar-refractivity contribution in [1.82, 2.24) is 9.88 Å². The van der Waals surface area contributed by atoms with Gasteiger partial charge >= 0.3 is 18.4 Å². The number of alkyl halides is 6. The molecule has 2 aromatic rings. The summed E-state index contributed by atoms with van der Waals surface area (Å²) in [6.07, 6.45) is -8.79. The van der Waals surface area contributed by atoms with Crippen LogP contribution in [0.4, 0.5) is 31.1 Å². The van der Waals surface area contributed by atoms with Crippen LogP contribution in [0.25, 0.3) is 0 Å². The zero-order valence-electron chi connectivity index (χ0n) is 19.4. The lowest BCUT2D eigenvalue weighted by atomic mass is 9.95. The highest BCUT2D eigenvalue weighted by molar-refractivity contribution is 5.69. The van der Waals surface area contributed by atoms with Gasteiger partial charge in [0.15, 0.2) is 0 Å². The molecule has 1 aliphatic heterocycles. The fourth-order valence-corrected chi connectivity index (χ4v) is 3.87. The van der Waals surface area contributed by atoms with E-state index in [0.29, 0.717) is 37.2 Å². The number of nitrogens with zero attached hydrogens (tertiary/aromatic N) is 2. The van der Waals surface area contributed by atoms with Gasteiger partial charge in [0, 0.05) is 12.7 Å². The fraction of sp³-hybridized carbons (Fsp3) is 0.500. The normalized spacial score (nSPS) is 19.5. The van der Waals surface area contributed by atoms with Gasteiger partial charge in [0.05, 0.1) is 29.5 Å². The molecule has 1 fully saturated rings.